The molecule has 0 saturated carbocycles. The van der Waals surface area contributed by atoms with E-state index in [1.165, 1.54) is 6.08 Å². The fourth-order valence-corrected chi connectivity index (χ4v) is 2.18. The van der Waals surface area contributed by atoms with E-state index in [1.54, 1.807) is 42.5 Å². The Morgan fingerprint density at radius 3 is 2.15 bits per heavy atom. The number of carbonyl (C=O) groups is 1. The molecule has 2 rings (SSSR count). The van der Waals surface area contributed by atoms with E-state index in [0.717, 1.165) is 12.0 Å². The lowest BCUT2D eigenvalue weighted by Crippen LogP contribution is -2.25. The molecule has 0 aliphatic heterocycles. The summed E-state index contributed by atoms with van der Waals surface area (Å²) in [5.41, 5.74) is 0.849. The van der Waals surface area contributed by atoms with Gasteiger partial charge in [0.2, 0.25) is 0 Å². The number of aliphatic hydroxyl groups excluding tert-OH is 1. The van der Waals surface area contributed by atoms with Gasteiger partial charge in [0.05, 0.1) is 6.61 Å². The van der Waals surface area contributed by atoms with Gasteiger partial charge in [0.1, 0.15) is 30.8 Å². The molecular formula is C21H23ClO5. The van der Waals surface area contributed by atoms with Crippen LogP contribution in [0.1, 0.15) is 18.9 Å². The molecule has 1 N–H and O–H groups in total. The molecule has 27 heavy (non-hydrogen) atoms. The minimum atomic E-state index is -0.770. The van der Waals surface area contributed by atoms with E-state index in [1.807, 2.05) is 19.1 Å². The maximum absolute atomic E-state index is 11.4. The molecule has 0 amide bonds. The zero-order chi connectivity index (χ0) is 19.5. The zero-order valence-corrected chi connectivity index (χ0v) is 15.9. The monoisotopic (exact) mass is 390 g/mol. The molecule has 0 spiro atoms. The molecule has 1 unspecified atom stereocenters. The van der Waals surface area contributed by atoms with Crippen LogP contribution in [0, 0.1) is 0 Å². The number of rotatable bonds is 10. The third kappa shape index (κ3) is 8.15. The van der Waals surface area contributed by atoms with Crippen LogP contribution in [0.3, 0.4) is 0 Å². The summed E-state index contributed by atoms with van der Waals surface area (Å²) in [5, 5.41) is 10.6. The van der Waals surface area contributed by atoms with Crippen LogP contribution < -0.4 is 9.47 Å². The number of aliphatic hydroxyl groups is 1. The SMILES string of the molecule is CCCOC(=O)C=Cc1ccc(OCC(O)COc2ccc(Cl)cc2)cc1. The summed E-state index contributed by atoms with van der Waals surface area (Å²) in [6.45, 7) is 2.57. The van der Waals surface area contributed by atoms with Gasteiger partial charge in [-0.25, -0.2) is 4.79 Å². The van der Waals surface area contributed by atoms with Gasteiger partial charge in [-0.05, 0) is 54.5 Å². The minimum absolute atomic E-state index is 0.103. The van der Waals surface area contributed by atoms with E-state index in [4.69, 9.17) is 25.8 Å². The molecule has 144 valence electrons. The van der Waals surface area contributed by atoms with Crippen molar-refractivity contribution in [2.24, 2.45) is 0 Å². The van der Waals surface area contributed by atoms with Gasteiger partial charge in [-0.2, -0.15) is 0 Å². The molecule has 0 aliphatic rings. The van der Waals surface area contributed by atoms with Crippen molar-refractivity contribution in [2.45, 2.75) is 19.4 Å². The second-order valence-electron chi connectivity index (χ2n) is 5.80. The first-order chi connectivity index (χ1) is 13.1. The van der Waals surface area contributed by atoms with E-state index in [9.17, 15) is 9.90 Å². The fourth-order valence-electron chi connectivity index (χ4n) is 2.05. The highest BCUT2D eigenvalue weighted by Gasteiger charge is 2.07. The number of carbonyl (C=O) groups excluding carboxylic acids is 1. The van der Waals surface area contributed by atoms with Crippen molar-refractivity contribution in [3.05, 3.63) is 65.2 Å². The first kappa shape index (κ1) is 20.8. The highest BCUT2D eigenvalue weighted by Crippen LogP contribution is 2.16. The van der Waals surface area contributed by atoms with E-state index in [-0.39, 0.29) is 19.2 Å². The number of halogens is 1. The number of ether oxygens (including phenoxy) is 3. The lowest BCUT2D eigenvalue weighted by Gasteiger charge is -2.13. The van der Waals surface area contributed by atoms with Gasteiger partial charge in [0, 0.05) is 11.1 Å². The molecule has 0 radical (unpaired) electrons. The molecule has 0 heterocycles. The Morgan fingerprint density at radius 2 is 1.59 bits per heavy atom. The highest BCUT2D eigenvalue weighted by molar-refractivity contribution is 6.30. The second-order valence-corrected chi connectivity index (χ2v) is 6.24. The largest absolute Gasteiger partial charge is 0.491 e. The van der Waals surface area contributed by atoms with Crippen LogP contribution in [0.2, 0.25) is 5.02 Å². The third-order valence-electron chi connectivity index (χ3n) is 3.44. The van der Waals surface area contributed by atoms with Gasteiger partial charge >= 0.3 is 5.97 Å². The van der Waals surface area contributed by atoms with Crippen molar-refractivity contribution in [3.63, 3.8) is 0 Å². The van der Waals surface area contributed by atoms with E-state index < -0.39 is 6.10 Å². The number of benzene rings is 2. The lowest BCUT2D eigenvalue weighted by atomic mass is 10.2. The molecule has 2 aromatic carbocycles. The summed E-state index contributed by atoms with van der Waals surface area (Å²) < 4.78 is 16.0. The molecule has 5 nitrogen and oxygen atoms in total. The Hall–Kier alpha value is -2.50. The van der Waals surface area contributed by atoms with Crippen molar-refractivity contribution < 1.29 is 24.1 Å². The van der Waals surface area contributed by atoms with Crippen LogP contribution in [0.15, 0.2) is 54.6 Å². The Bertz CT molecular complexity index is 725. The Morgan fingerprint density at radius 1 is 1.04 bits per heavy atom. The number of hydrogen-bond acceptors (Lipinski definition) is 5. The first-order valence-corrected chi connectivity index (χ1v) is 9.08. The topological polar surface area (TPSA) is 65.0 Å². The van der Waals surface area contributed by atoms with Gasteiger partial charge < -0.3 is 19.3 Å². The van der Waals surface area contributed by atoms with Gasteiger partial charge in [0.15, 0.2) is 0 Å². The highest BCUT2D eigenvalue weighted by atomic mass is 35.5. The fraction of sp³-hybridized carbons (Fsp3) is 0.286. The normalized spacial score (nSPS) is 12.0. The summed E-state index contributed by atoms with van der Waals surface area (Å²) in [6.07, 6.45) is 3.09. The Balaban J connectivity index is 1.73. The van der Waals surface area contributed by atoms with Crippen LogP contribution in [0.25, 0.3) is 6.08 Å². The van der Waals surface area contributed by atoms with Crippen molar-refractivity contribution in [1.82, 2.24) is 0 Å². The summed E-state index contributed by atoms with van der Waals surface area (Å²) in [4.78, 5) is 11.4. The first-order valence-electron chi connectivity index (χ1n) is 8.71. The average molecular weight is 391 g/mol. The lowest BCUT2D eigenvalue weighted by molar-refractivity contribution is -0.137. The number of esters is 1. The van der Waals surface area contributed by atoms with Crippen molar-refractivity contribution in [3.8, 4) is 11.5 Å². The molecule has 2 aromatic rings. The van der Waals surface area contributed by atoms with Crippen LogP contribution in [0.5, 0.6) is 11.5 Å². The molecule has 6 heteroatoms. The van der Waals surface area contributed by atoms with Gasteiger partial charge in [0.25, 0.3) is 0 Å². The molecule has 0 bridgehead atoms. The summed E-state index contributed by atoms with van der Waals surface area (Å²) >= 11 is 5.81. The summed E-state index contributed by atoms with van der Waals surface area (Å²) in [6, 6.07) is 14.1. The third-order valence-corrected chi connectivity index (χ3v) is 3.69. The maximum Gasteiger partial charge on any atom is 0.330 e. The van der Waals surface area contributed by atoms with Crippen LogP contribution >= 0.6 is 11.6 Å². The summed E-state index contributed by atoms with van der Waals surface area (Å²) in [7, 11) is 0. The smallest absolute Gasteiger partial charge is 0.330 e. The standard InChI is InChI=1S/C21H23ClO5/c1-2-13-25-21(24)12-5-16-3-8-19(9-4-16)26-14-18(23)15-27-20-10-6-17(22)7-11-20/h3-12,18,23H,2,13-15H2,1H3. The van der Waals surface area contributed by atoms with Crippen molar-refractivity contribution in [1.29, 1.82) is 0 Å². The molecule has 0 aromatic heterocycles. The maximum atomic E-state index is 11.4. The van der Waals surface area contributed by atoms with Crippen LogP contribution in [-0.4, -0.2) is 37.0 Å². The quantitative estimate of drug-likeness (QED) is 0.488. The predicted octanol–water partition coefficient (Wildman–Crippen LogP) is 4.13. The zero-order valence-electron chi connectivity index (χ0n) is 15.1. The van der Waals surface area contributed by atoms with Crippen molar-refractivity contribution >= 4 is 23.6 Å². The molecule has 0 saturated heterocycles. The van der Waals surface area contributed by atoms with E-state index >= 15 is 0 Å². The van der Waals surface area contributed by atoms with E-state index in [2.05, 4.69) is 0 Å². The Labute approximate surface area is 164 Å². The van der Waals surface area contributed by atoms with Crippen LogP contribution in [-0.2, 0) is 9.53 Å². The summed E-state index contributed by atoms with van der Waals surface area (Å²) in [5.74, 6) is 0.888. The van der Waals surface area contributed by atoms with Crippen LogP contribution in [0.4, 0.5) is 0 Å². The predicted molar refractivity (Wildman–Crippen MR) is 105 cm³/mol. The van der Waals surface area contributed by atoms with Gasteiger partial charge in [-0.1, -0.05) is 30.7 Å². The minimum Gasteiger partial charge on any atom is -0.491 e. The molecular weight excluding hydrogens is 368 g/mol. The average Bonchev–Trinajstić information content (AvgIpc) is 2.69. The van der Waals surface area contributed by atoms with E-state index in [0.29, 0.717) is 23.1 Å². The number of hydrogen-bond donors (Lipinski definition) is 1. The Kier molecular flexibility index (Phi) is 8.68. The molecule has 1 atom stereocenters. The van der Waals surface area contributed by atoms with Gasteiger partial charge in [-0.3, -0.25) is 0 Å². The molecule has 0 fully saturated rings. The second kappa shape index (κ2) is 11.3. The van der Waals surface area contributed by atoms with Gasteiger partial charge in [-0.15, -0.1) is 0 Å². The van der Waals surface area contributed by atoms with Crippen molar-refractivity contribution in [2.75, 3.05) is 19.8 Å². The molecule has 0 aliphatic carbocycles.